The molecule has 1 aliphatic rings. The van der Waals surface area contributed by atoms with Gasteiger partial charge in [-0.3, -0.25) is 0 Å². The number of benzene rings is 1. The number of anilines is 1. The van der Waals surface area contributed by atoms with Crippen molar-refractivity contribution in [2.24, 2.45) is 0 Å². The topological polar surface area (TPSA) is 76.8 Å². The predicted octanol–water partition coefficient (Wildman–Crippen LogP) is 3.62. The molecule has 134 valence electrons. The van der Waals surface area contributed by atoms with Crippen LogP contribution >= 0.6 is 0 Å². The summed E-state index contributed by atoms with van der Waals surface area (Å²) < 4.78 is 15.9. The number of carbonyl (C=O) groups excluding carboxylic acids is 1. The first kappa shape index (κ1) is 17.1. The zero-order valence-electron chi connectivity index (χ0n) is 14.7. The molecule has 2 heterocycles. The van der Waals surface area contributed by atoms with Crippen molar-refractivity contribution >= 4 is 11.7 Å². The Labute approximate surface area is 146 Å². The molecule has 1 fully saturated rings. The summed E-state index contributed by atoms with van der Waals surface area (Å²) in [5, 5.41) is 6.95. The van der Waals surface area contributed by atoms with Crippen molar-refractivity contribution in [2.75, 3.05) is 26.1 Å². The van der Waals surface area contributed by atoms with Crippen LogP contribution in [-0.4, -0.2) is 36.9 Å². The number of rotatable bonds is 5. The molecular weight excluding hydrogens is 322 g/mol. The molecule has 25 heavy (non-hydrogen) atoms. The molecular formula is C18H23N3O4. The van der Waals surface area contributed by atoms with Gasteiger partial charge in [-0.15, -0.1) is 0 Å². The zero-order valence-corrected chi connectivity index (χ0v) is 14.7. The molecule has 7 heteroatoms. The summed E-state index contributed by atoms with van der Waals surface area (Å²) in [7, 11) is 3.14. The van der Waals surface area contributed by atoms with Crippen LogP contribution in [0.2, 0.25) is 0 Å². The molecule has 2 amide bonds. The number of amides is 2. The van der Waals surface area contributed by atoms with Gasteiger partial charge < -0.3 is 24.2 Å². The van der Waals surface area contributed by atoms with Crippen LogP contribution in [0.3, 0.4) is 0 Å². The standard InChI is InChI=1S/C18H23N3O4/c1-4-12-10-16(25-20-12)14-6-5-9-21(14)18(22)19-13-7-8-15(23-2)17(11-13)24-3/h7-8,10-11,14H,4-6,9H2,1-3H3,(H,19,22). The van der Waals surface area contributed by atoms with E-state index < -0.39 is 0 Å². The van der Waals surface area contributed by atoms with Gasteiger partial charge in [0, 0.05) is 24.4 Å². The number of urea groups is 1. The van der Waals surface area contributed by atoms with E-state index in [9.17, 15) is 4.79 Å². The molecule has 3 rings (SSSR count). The SMILES string of the molecule is CCc1cc(C2CCCN2C(=O)Nc2ccc(OC)c(OC)c2)on1. The van der Waals surface area contributed by atoms with Crippen LogP contribution in [0.15, 0.2) is 28.8 Å². The number of likely N-dealkylation sites (tertiary alicyclic amines) is 1. The molecule has 7 nitrogen and oxygen atoms in total. The van der Waals surface area contributed by atoms with Gasteiger partial charge in [-0.25, -0.2) is 4.79 Å². The Bertz CT molecular complexity index is 744. The molecule has 0 radical (unpaired) electrons. The third kappa shape index (κ3) is 3.55. The van der Waals surface area contributed by atoms with E-state index in [-0.39, 0.29) is 12.1 Å². The van der Waals surface area contributed by atoms with E-state index in [0.29, 0.717) is 23.7 Å². The number of aromatic nitrogens is 1. The second-order valence-corrected chi connectivity index (χ2v) is 5.93. The molecule has 1 aliphatic heterocycles. The van der Waals surface area contributed by atoms with Crippen molar-refractivity contribution in [2.45, 2.75) is 32.2 Å². The maximum Gasteiger partial charge on any atom is 0.322 e. The fraction of sp³-hybridized carbons (Fsp3) is 0.444. The Morgan fingerprint density at radius 2 is 2.12 bits per heavy atom. The number of nitrogens with one attached hydrogen (secondary N) is 1. The number of ether oxygens (including phenoxy) is 2. The largest absolute Gasteiger partial charge is 0.493 e. The zero-order chi connectivity index (χ0) is 17.8. The molecule has 1 aromatic carbocycles. The van der Waals surface area contributed by atoms with Gasteiger partial charge in [0.05, 0.1) is 26.0 Å². The monoisotopic (exact) mass is 345 g/mol. The fourth-order valence-electron chi connectivity index (χ4n) is 3.07. The highest BCUT2D eigenvalue weighted by Gasteiger charge is 2.33. The minimum Gasteiger partial charge on any atom is -0.493 e. The summed E-state index contributed by atoms with van der Waals surface area (Å²) in [5.41, 5.74) is 1.56. The third-order valence-electron chi connectivity index (χ3n) is 4.42. The van der Waals surface area contributed by atoms with Gasteiger partial charge in [-0.1, -0.05) is 12.1 Å². The van der Waals surface area contributed by atoms with E-state index in [4.69, 9.17) is 14.0 Å². The van der Waals surface area contributed by atoms with Crippen molar-refractivity contribution in [1.82, 2.24) is 10.1 Å². The van der Waals surface area contributed by atoms with E-state index in [0.717, 1.165) is 30.7 Å². The van der Waals surface area contributed by atoms with E-state index in [1.165, 1.54) is 0 Å². The lowest BCUT2D eigenvalue weighted by Gasteiger charge is -2.23. The minimum absolute atomic E-state index is 0.0760. The predicted molar refractivity (Wildman–Crippen MR) is 93.1 cm³/mol. The highest BCUT2D eigenvalue weighted by molar-refractivity contribution is 5.90. The van der Waals surface area contributed by atoms with Crippen molar-refractivity contribution in [3.05, 3.63) is 35.7 Å². The summed E-state index contributed by atoms with van der Waals surface area (Å²) in [6.07, 6.45) is 2.62. The van der Waals surface area contributed by atoms with Crippen LogP contribution < -0.4 is 14.8 Å². The number of carbonyl (C=O) groups is 1. The van der Waals surface area contributed by atoms with Gasteiger partial charge in [0.2, 0.25) is 0 Å². The van der Waals surface area contributed by atoms with Crippen molar-refractivity contribution in [3.8, 4) is 11.5 Å². The molecule has 0 spiro atoms. The average molecular weight is 345 g/mol. The van der Waals surface area contributed by atoms with Crippen molar-refractivity contribution in [1.29, 1.82) is 0 Å². The number of aryl methyl sites for hydroxylation is 1. The smallest absolute Gasteiger partial charge is 0.322 e. The van der Waals surface area contributed by atoms with E-state index in [1.54, 1.807) is 37.3 Å². The Balaban J connectivity index is 1.73. The summed E-state index contributed by atoms with van der Waals surface area (Å²) >= 11 is 0. The lowest BCUT2D eigenvalue weighted by Crippen LogP contribution is -2.34. The molecule has 1 aromatic heterocycles. The first-order valence-electron chi connectivity index (χ1n) is 8.41. The fourth-order valence-corrected chi connectivity index (χ4v) is 3.07. The number of methoxy groups -OCH3 is 2. The molecule has 0 aliphatic carbocycles. The van der Waals surface area contributed by atoms with E-state index in [2.05, 4.69) is 10.5 Å². The maximum absolute atomic E-state index is 12.7. The average Bonchev–Trinajstić information content (AvgIpc) is 3.30. The summed E-state index contributed by atoms with van der Waals surface area (Å²) in [6, 6.07) is 6.99. The van der Waals surface area contributed by atoms with Crippen LogP contribution in [0.1, 0.15) is 37.3 Å². The maximum atomic E-state index is 12.7. The minimum atomic E-state index is -0.163. The van der Waals surface area contributed by atoms with Gasteiger partial charge in [-0.05, 0) is 31.4 Å². The first-order valence-corrected chi connectivity index (χ1v) is 8.41. The van der Waals surface area contributed by atoms with Crippen molar-refractivity contribution < 1.29 is 18.8 Å². The second-order valence-electron chi connectivity index (χ2n) is 5.93. The van der Waals surface area contributed by atoms with Crippen LogP contribution in [-0.2, 0) is 6.42 Å². The van der Waals surface area contributed by atoms with Crippen molar-refractivity contribution in [3.63, 3.8) is 0 Å². The number of hydrogen-bond acceptors (Lipinski definition) is 5. The normalized spacial score (nSPS) is 16.8. The lowest BCUT2D eigenvalue weighted by molar-refractivity contribution is 0.195. The second kappa shape index (κ2) is 7.46. The first-order chi connectivity index (χ1) is 12.2. The molecule has 0 bridgehead atoms. The van der Waals surface area contributed by atoms with Crippen LogP contribution in [0.4, 0.5) is 10.5 Å². The Kier molecular flexibility index (Phi) is 5.11. The summed E-state index contributed by atoms with van der Waals surface area (Å²) in [6.45, 7) is 2.71. The highest BCUT2D eigenvalue weighted by Crippen LogP contribution is 2.34. The van der Waals surface area contributed by atoms with Gasteiger partial charge in [0.25, 0.3) is 0 Å². The Hall–Kier alpha value is -2.70. The van der Waals surface area contributed by atoms with Gasteiger partial charge >= 0.3 is 6.03 Å². The van der Waals surface area contributed by atoms with Gasteiger partial charge in [0.1, 0.15) is 0 Å². The Morgan fingerprint density at radius 1 is 1.32 bits per heavy atom. The quantitative estimate of drug-likeness (QED) is 0.895. The van der Waals surface area contributed by atoms with Crippen LogP contribution in [0.25, 0.3) is 0 Å². The summed E-state index contributed by atoms with van der Waals surface area (Å²) in [4.78, 5) is 14.5. The molecule has 1 N–H and O–H groups in total. The summed E-state index contributed by atoms with van der Waals surface area (Å²) in [5.74, 6) is 1.94. The molecule has 1 atom stereocenters. The van der Waals surface area contributed by atoms with Crippen LogP contribution in [0, 0.1) is 0 Å². The molecule has 0 saturated carbocycles. The Morgan fingerprint density at radius 3 is 2.80 bits per heavy atom. The third-order valence-corrected chi connectivity index (χ3v) is 4.42. The molecule has 1 unspecified atom stereocenters. The highest BCUT2D eigenvalue weighted by atomic mass is 16.5. The van der Waals surface area contributed by atoms with E-state index >= 15 is 0 Å². The molecule has 2 aromatic rings. The van der Waals surface area contributed by atoms with E-state index in [1.807, 2.05) is 13.0 Å². The molecule has 1 saturated heterocycles. The number of nitrogens with zero attached hydrogens (tertiary/aromatic N) is 2. The number of hydrogen-bond donors (Lipinski definition) is 1. The van der Waals surface area contributed by atoms with Gasteiger partial charge in [-0.2, -0.15) is 0 Å². The van der Waals surface area contributed by atoms with Crippen LogP contribution in [0.5, 0.6) is 11.5 Å². The lowest BCUT2D eigenvalue weighted by atomic mass is 10.1. The van der Waals surface area contributed by atoms with Gasteiger partial charge in [0.15, 0.2) is 17.3 Å².